The van der Waals surface area contributed by atoms with Gasteiger partial charge in [-0.25, -0.2) is 0 Å². The Morgan fingerprint density at radius 2 is 2.11 bits per heavy atom. The number of nitrogens with zero attached hydrogens (tertiary/aromatic N) is 4. The molecule has 1 fully saturated rings. The molecule has 0 amide bonds. The Labute approximate surface area is 162 Å². The van der Waals surface area contributed by atoms with Crippen LogP contribution in [0, 0.1) is 6.92 Å². The van der Waals surface area contributed by atoms with E-state index in [9.17, 15) is 4.79 Å². The molecule has 6 nitrogen and oxygen atoms in total. The molecule has 7 heteroatoms. The minimum Gasteiger partial charge on any atom is -0.380 e. The highest BCUT2D eigenvalue weighted by atomic mass is 32.1. The summed E-state index contributed by atoms with van der Waals surface area (Å²) in [6.45, 7) is 5.64. The molecule has 0 atom stereocenters. The van der Waals surface area contributed by atoms with Gasteiger partial charge < -0.3 is 4.74 Å². The van der Waals surface area contributed by atoms with Crippen molar-refractivity contribution < 1.29 is 9.53 Å². The van der Waals surface area contributed by atoms with Crippen LogP contribution >= 0.6 is 11.3 Å². The van der Waals surface area contributed by atoms with Gasteiger partial charge in [-0.3, -0.25) is 14.7 Å². The molecule has 4 rings (SSSR count). The normalized spacial score (nSPS) is 15.7. The Bertz CT molecular complexity index is 948. The van der Waals surface area contributed by atoms with Crippen molar-refractivity contribution in [2.45, 2.75) is 19.8 Å². The molecule has 0 spiro atoms. The van der Waals surface area contributed by atoms with Crippen molar-refractivity contribution >= 4 is 27.9 Å². The molecule has 0 aliphatic carbocycles. The number of rotatable bonds is 5. The number of benzene rings is 1. The first kappa shape index (κ1) is 18.2. The van der Waals surface area contributed by atoms with Gasteiger partial charge in [0.1, 0.15) is 10.0 Å². The third-order valence-electron chi connectivity index (χ3n) is 4.64. The van der Waals surface area contributed by atoms with Crippen molar-refractivity contribution in [3.05, 3.63) is 41.2 Å². The number of hydrogen-bond donors (Lipinski definition) is 0. The number of ketones is 1. The molecule has 1 aromatic carbocycles. The Morgan fingerprint density at radius 3 is 2.96 bits per heavy atom. The molecule has 1 saturated heterocycles. The van der Waals surface area contributed by atoms with Crippen LogP contribution in [0.25, 0.3) is 21.3 Å². The van der Waals surface area contributed by atoms with E-state index in [2.05, 4.69) is 26.1 Å². The van der Waals surface area contributed by atoms with Gasteiger partial charge in [0.05, 0.1) is 19.6 Å². The number of Topliss-reactive ketones (excluding diaryl/α,β-unsaturated/α-hetero) is 1. The fourth-order valence-electron chi connectivity index (χ4n) is 3.29. The van der Waals surface area contributed by atoms with E-state index in [1.807, 2.05) is 31.3 Å². The van der Waals surface area contributed by atoms with E-state index in [1.165, 1.54) is 0 Å². The second-order valence-corrected chi connectivity index (χ2v) is 8.00. The maximum atomic E-state index is 12.5. The standard InChI is InChI=1S/C20H22N4O2S/c1-14-22-23-20(27-14)15-3-4-16-12-21-18(10-17(16)9-15)11-19(25)13-24-5-2-7-26-8-6-24/h3-4,9-10,12H,2,5-8,11,13H2,1H3. The molecule has 1 aliphatic heterocycles. The number of aryl methyl sites for hydroxylation is 1. The smallest absolute Gasteiger partial charge is 0.152 e. The van der Waals surface area contributed by atoms with E-state index in [-0.39, 0.29) is 5.78 Å². The number of carbonyl (C=O) groups excluding carboxylic acids is 1. The first-order valence-electron chi connectivity index (χ1n) is 9.18. The summed E-state index contributed by atoms with van der Waals surface area (Å²) < 4.78 is 5.45. The predicted octanol–water partition coefficient (Wildman–Crippen LogP) is 2.90. The molecule has 0 N–H and O–H groups in total. The molecule has 0 unspecified atom stereocenters. The van der Waals surface area contributed by atoms with Gasteiger partial charge >= 0.3 is 0 Å². The average molecular weight is 382 g/mol. The Morgan fingerprint density at radius 1 is 1.19 bits per heavy atom. The van der Waals surface area contributed by atoms with Crippen LogP contribution in [0.2, 0.25) is 0 Å². The summed E-state index contributed by atoms with van der Waals surface area (Å²) in [7, 11) is 0. The van der Waals surface area contributed by atoms with Crippen LogP contribution in [0.1, 0.15) is 17.1 Å². The molecule has 27 heavy (non-hydrogen) atoms. The number of ether oxygens (including phenoxy) is 1. The SMILES string of the molecule is Cc1nnc(-c2ccc3cnc(CC(=O)CN4CCCOCC4)cc3c2)s1. The lowest BCUT2D eigenvalue weighted by Crippen LogP contribution is -2.32. The first-order chi connectivity index (χ1) is 13.2. The van der Waals surface area contributed by atoms with Gasteiger partial charge in [-0.05, 0) is 30.9 Å². The van der Waals surface area contributed by atoms with E-state index in [0.717, 1.165) is 58.2 Å². The Hall–Kier alpha value is -2.22. The van der Waals surface area contributed by atoms with Gasteiger partial charge in [-0.15, -0.1) is 10.2 Å². The second-order valence-electron chi connectivity index (χ2n) is 6.82. The number of hydrogen-bond acceptors (Lipinski definition) is 7. The van der Waals surface area contributed by atoms with E-state index in [0.29, 0.717) is 19.6 Å². The molecule has 140 valence electrons. The summed E-state index contributed by atoms with van der Waals surface area (Å²) >= 11 is 1.58. The van der Waals surface area contributed by atoms with Crippen molar-refractivity contribution in [3.8, 4) is 10.6 Å². The van der Waals surface area contributed by atoms with Crippen molar-refractivity contribution in [2.24, 2.45) is 0 Å². The van der Waals surface area contributed by atoms with Crippen LogP contribution in [0.15, 0.2) is 30.5 Å². The van der Waals surface area contributed by atoms with Gasteiger partial charge in [0.25, 0.3) is 0 Å². The summed E-state index contributed by atoms with van der Waals surface area (Å²) in [6, 6.07) is 8.18. The summed E-state index contributed by atoms with van der Waals surface area (Å²) in [5.41, 5.74) is 1.85. The number of fused-ring (bicyclic) bond motifs is 1. The van der Waals surface area contributed by atoms with Crippen LogP contribution in [-0.4, -0.2) is 58.7 Å². The van der Waals surface area contributed by atoms with Crippen LogP contribution < -0.4 is 0 Å². The monoisotopic (exact) mass is 382 g/mol. The zero-order valence-corrected chi connectivity index (χ0v) is 16.2. The maximum Gasteiger partial charge on any atom is 0.152 e. The van der Waals surface area contributed by atoms with Crippen LogP contribution in [0.4, 0.5) is 0 Å². The second kappa shape index (κ2) is 8.21. The summed E-state index contributed by atoms with van der Waals surface area (Å²) in [5.74, 6) is 0.194. The predicted molar refractivity (Wildman–Crippen MR) is 106 cm³/mol. The topological polar surface area (TPSA) is 68.2 Å². The van der Waals surface area contributed by atoms with Gasteiger partial charge in [0, 0.05) is 42.5 Å². The Kier molecular flexibility index (Phi) is 5.52. The number of carbonyl (C=O) groups is 1. The van der Waals surface area contributed by atoms with Gasteiger partial charge in [-0.2, -0.15) is 0 Å². The summed E-state index contributed by atoms with van der Waals surface area (Å²) in [6.07, 6.45) is 3.18. The highest BCUT2D eigenvalue weighted by Gasteiger charge is 2.14. The lowest BCUT2D eigenvalue weighted by molar-refractivity contribution is -0.119. The minimum atomic E-state index is 0.194. The molecule has 3 heterocycles. The molecule has 0 radical (unpaired) electrons. The number of pyridine rings is 1. The zero-order valence-electron chi connectivity index (χ0n) is 15.4. The average Bonchev–Trinajstić information content (AvgIpc) is 2.93. The summed E-state index contributed by atoms with van der Waals surface area (Å²) in [5, 5.41) is 12.3. The first-order valence-corrected chi connectivity index (χ1v) is 10.00. The van der Waals surface area contributed by atoms with Crippen LogP contribution in [0.3, 0.4) is 0 Å². The third kappa shape index (κ3) is 4.55. The fraction of sp³-hybridized carbons (Fsp3) is 0.400. The molecular formula is C20H22N4O2S. The quantitative estimate of drug-likeness (QED) is 0.676. The minimum absolute atomic E-state index is 0.194. The maximum absolute atomic E-state index is 12.5. The molecule has 3 aromatic rings. The lowest BCUT2D eigenvalue weighted by Gasteiger charge is -2.17. The zero-order chi connectivity index (χ0) is 18.6. The van der Waals surface area contributed by atoms with E-state index in [1.54, 1.807) is 11.3 Å². The van der Waals surface area contributed by atoms with Gasteiger partial charge in [0.15, 0.2) is 5.78 Å². The molecule has 2 aromatic heterocycles. The lowest BCUT2D eigenvalue weighted by atomic mass is 10.1. The van der Waals surface area contributed by atoms with Crippen molar-refractivity contribution in [1.29, 1.82) is 0 Å². The van der Waals surface area contributed by atoms with Gasteiger partial charge in [-0.1, -0.05) is 23.5 Å². The Balaban J connectivity index is 1.49. The van der Waals surface area contributed by atoms with Crippen molar-refractivity contribution in [2.75, 3.05) is 32.8 Å². The molecule has 0 bridgehead atoms. The van der Waals surface area contributed by atoms with E-state index in [4.69, 9.17) is 4.74 Å². The van der Waals surface area contributed by atoms with E-state index >= 15 is 0 Å². The largest absolute Gasteiger partial charge is 0.380 e. The number of aromatic nitrogens is 3. The van der Waals surface area contributed by atoms with Crippen molar-refractivity contribution in [1.82, 2.24) is 20.1 Å². The highest BCUT2D eigenvalue weighted by Crippen LogP contribution is 2.27. The highest BCUT2D eigenvalue weighted by molar-refractivity contribution is 7.14. The molecule has 0 saturated carbocycles. The molecule has 1 aliphatic rings. The molecular weight excluding hydrogens is 360 g/mol. The van der Waals surface area contributed by atoms with Crippen molar-refractivity contribution in [3.63, 3.8) is 0 Å². The van der Waals surface area contributed by atoms with Crippen LogP contribution in [-0.2, 0) is 16.0 Å². The van der Waals surface area contributed by atoms with Gasteiger partial charge in [0.2, 0.25) is 0 Å². The fourth-order valence-corrected chi connectivity index (χ4v) is 3.98. The third-order valence-corrected chi connectivity index (χ3v) is 5.53. The van der Waals surface area contributed by atoms with Crippen LogP contribution in [0.5, 0.6) is 0 Å². The summed E-state index contributed by atoms with van der Waals surface area (Å²) in [4.78, 5) is 19.1. The van der Waals surface area contributed by atoms with E-state index < -0.39 is 0 Å².